The molecule has 2 aromatic rings. The lowest BCUT2D eigenvalue weighted by Crippen LogP contribution is -2.04. The Balaban J connectivity index is 2.61. The number of rotatable bonds is 2. The van der Waals surface area contributed by atoms with E-state index in [4.69, 9.17) is 9.26 Å². The first-order valence-electron chi connectivity index (χ1n) is 5.35. The van der Waals surface area contributed by atoms with Crippen molar-refractivity contribution in [3.8, 4) is 11.3 Å². The second kappa shape index (κ2) is 4.94. The number of hydrogen-bond donors (Lipinski definition) is 0. The zero-order chi connectivity index (χ0) is 13.3. The molecule has 0 bridgehead atoms. The van der Waals surface area contributed by atoms with E-state index >= 15 is 0 Å². The number of esters is 1. The average molecular weight is 310 g/mol. The number of ether oxygens (including phenoxy) is 1. The van der Waals surface area contributed by atoms with Gasteiger partial charge in [0.1, 0.15) is 17.0 Å². The number of benzene rings is 1. The highest BCUT2D eigenvalue weighted by molar-refractivity contribution is 9.10. The maximum absolute atomic E-state index is 11.7. The average Bonchev–Trinajstić information content (AvgIpc) is 2.70. The van der Waals surface area contributed by atoms with E-state index in [0.29, 0.717) is 17.0 Å². The lowest BCUT2D eigenvalue weighted by molar-refractivity contribution is 0.0599. The normalized spacial score (nSPS) is 10.4. The van der Waals surface area contributed by atoms with Gasteiger partial charge in [0, 0.05) is 10.0 Å². The summed E-state index contributed by atoms with van der Waals surface area (Å²) in [6.07, 6.45) is 0. The van der Waals surface area contributed by atoms with E-state index in [1.54, 1.807) is 6.92 Å². The Morgan fingerprint density at radius 3 is 2.72 bits per heavy atom. The number of hydrogen-bond acceptors (Lipinski definition) is 4. The summed E-state index contributed by atoms with van der Waals surface area (Å²) in [5.74, 6) is 0.0187. The molecule has 18 heavy (non-hydrogen) atoms. The van der Waals surface area contributed by atoms with Crippen molar-refractivity contribution in [2.75, 3.05) is 7.11 Å². The third kappa shape index (κ3) is 2.18. The second-order valence-corrected chi connectivity index (χ2v) is 4.83. The molecule has 0 aliphatic carbocycles. The van der Waals surface area contributed by atoms with Crippen molar-refractivity contribution in [1.29, 1.82) is 0 Å². The van der Waals surface area contributed by atoms with Crippen molar-refractivity contribution in [3.05, 3.63) is 39.6 Å². The minimum absolute atomic E-state index is 0.378. The summed E-state index contributed by atoms with van der Waals surface area (Å²) in [7, 11) is 1.34. The van der Waals surface area contributed by atoms with Crippen molar-refractivity contribution in [1.82, 2.24) is 5.16 Å². The molecule has 0 saturated heterocycles. The first kappa shape index (κ1) is 12.8. The largest absolute Gasteiger partial charge is 0.465 e. The molecule has 0 aliphatic heterocycles. The molecule has 5 heteroatoms. The summed E-state index contributed by atoms with van der Waals surface area (Å²) in [5, 5.41) is 3.95. The predicted octanol–water partition coefficient (Wildman–Crippen LogP) is 3.51. The first-order valence-corrected chi connectivity index (χ1v) is 6.15. The number of aryl methyl sites for hydroxylation is 2. The van der Waals surface area contributed by atoms with Crippen LogP contribution in [0, 0.1) is 13.8 Å². The van der Waals surface area contributed by atoms with E-state index < -0.39 is 5.97 Å². The van der Waals surface area contributed by atoms with Crippen molar-refractivity contribution in [2.24, 2.45) is 0 Å². The van der Waals surface area contributed by atoms with Crippen LogP contribution in [-0.2, 0) is 4.74 Å². The van der Waals surface area contributed by atoms with Gasteiger partial charge >= 0.3 is 5.97 Å². The summed E-state index contributed by atoms with van der Waals surface area (Å²) in [6, 6.07) is 5.75. The van der Waals surface area contributed by atoms with Crippen LogP contribution in [0.5, 0.6) is 0 Å². The molecule has 0 atom stereocenters. The fourth-order valence-corrected chi connectivity index (χ4v) is 2.27. The van der Waals surface area contributed by atoms with Crippen LogP contribution in [0.15, 0.2) is 27.2 Å². The van der Waals surface area contributed by atoms with Gasteiger partial charge in [-0.3, -0.25) is 0 Å². The van der Waals surface area contributed by atoms with Gasteiger partial charge in [0.25, 0.3) is 0 Å². The molecule has 2 rings (SSSR count). The molecule has 0 spiro atoms. The molecule has 0 unspecified atom stereocenters. The number of methoxy groups -OCH3 is 1. The lowest BCUT2D eigenvalue weighted by Gasteiger charge is -2.05. The van der Waals surface area contributed by atoms with E-state index in [1.165, 1.54) is 7.11 Å². The second-order valence-electron chi connectivity index (χ2n) is 3.91. The minimum atomic E-state index is -0.439. The van der Waals surface area contributed by atoms with Crippen LogP contribution in [0.2, 0.25) is 0 Å². The van der Waals surface area contributed by atoms with Crippen LogP contribution < -0.4 is 0 Å². The third-order valence-corrected chi connectivity index (χ3v) is 3.19. The van der Waals surface area contributed by atoms with Crippen molar-refractivity contribution in [2.45, 2.75) is 13.8 Å². The van der Waals surface area contributed by atoms with Gasteiger partial charge in [0.2, 0.25) is 0 Å². The molecule has 0 N–H and O–H groups in total. The summed E-state index contributed by atoms with van der Waals surface area (Å²) in [6.45, 7) is 3.64. The molecule has 0 aliphatic rings. The van der Waals surface area contributed by atoms with E-state index in [9.17, 15) is 4.79 Å². The molecule has 94 valence electrons. The van der Waals surface area contributed by atoms with Crippen molar-refractivity contribution >= 4 is 21.9 Å². The van der Waals surface area contributed by atoms with Gasteiger partial charge in [0.05, 0.1) is 7.11 Å². The number of carbonyl (C=O) groups excluding carboxylic acids is 1. The van der Waals surface area contributed by atoms with Crippen LogP contribution in [-0.4, -0.2) is 18.2 Å². The molecule has 0 radical (unpaired) electrons. The van der Waals surface area contributed by atoms with E-state index in [1.807, 2.05) is 25.1 Å². The van der Waals surface area contributed by atoms with E-state index in [-0.39, 0.29) is 0 Å². The van der Waals surface area contributed by atoms with Crippen LogP contribution >= 0.6 is 15.9 Å². The summed E-state index contributed by atoms with van der Waals surface area (Å²) >= 11 is 3.40. The zero-order valence-corrected chi connectivity index (χ0v) is 11.9. The molecule has 4 nitrogen and oxygen atoms in total. The minimum Gasteiger partial charge on any atom is -0.465 e. The summed E-state index contributed by atoms with van der Waals surface area (Å²) in [4.78, 5) is 11.7. The maximum atomic E-state index is 11.7. The van der Waals surface area contributed by atoms with Gasteiger partial charge in [-0.25, -0.2) is 4.79 Å². The highest BCUT2D eigenvalue weighted by atomic mass is 79.9. The van der Waals surface area contributed by atoms with Crippen LogP contribution in [0.25, 0.3) is 11.3 Å². The molecule has 1 heterocycles. The molecule has 0 saturated carbocycles. The molecule has 0 amide bonds. The first-order chi connectivity index (χ1) is 8.54. The van der Waals surface area contributed by atoms with Crippen LogP contribution in [0.1, 0.15) is 21.7 Å². The van der Waals surface area contributed by atoms with Gasteiger partial charge in [-0.1, -0.05) is 27.2 Å². The Labute approximate surface area is 113 Å². The maximum Gasteiger partial charge on any atom is 0.343 e. The van der Waals surface area contributed by atoms with Gasteiger partial charge in [0.15, 0.2) is 0 Å². The zero-order valence-electron chi connectivity index (χ0n) is 10.3. The topological polar surface area (TPSA) is 52.3 Å². The Morgan fingerprint density at radius 2 is 2.11 bits per heavy atom. The number of aromatic nitrogens is 1. The van der Waals surface area contributed by atoms with Crippen LogP contribution in [0.3, 0.4) is 0 Å². The van der Waals surface area contributed by atoms with Gasteiger partial charge < -0.3 is 9.26 Å². The van der Waals surface area contributed by atoms with Crippen LogP contribution in [0.4, 0.5) is 0 Å². The Morgan fingerprint density at radius 1 is 1.39 bits per heavy atom. The van der Waals surface area contributed by atoms with Gasteiger partial charge in [-0.05, 0) is 31.5 Å². The van der Waals surface area contributed by atoms with Gasteiger partial charge in [-0.2, -0.15) is 0 Å². The number of nitrogens with zero attached hydrogens (tertiary/aromatic N) is 1. The molecule has 0 fully saturated rings. The smallest absolute Gasteiger partial charge is 0.343 e. The number of carbonyl (C=O) groups is 1. The molecule has 1 aromatic carbocycles. The Bertz CT molecular complexity index is 604. The highest BCUT2D eigenvalue weighted by Crippen LogP contribution is 2.30. The lowest BCUT2D eigenvalue weighted by atomic mass is 10.0. The summed E-state index contributed by atoms with van der Waals surface area (Å²) in [5.41, 5.74) is 2.76. The monoisotopic (exact) mass is 309 g/mol. The predicted molar refractivity (Wildman–Crippen MR) is 70.5 cm³/mol. The van der Waals surface area contributed by atoms with Crippen molar-refractivity contribution in [3.63, 3.8) is 0 Å². The quantitative estimate of drug-likeness (QED) is 0.797. The molecular weight excluding hydrogens is 298 g/mol. The highest BCUT2D eigenvalue weighted by Gasteiger charge is 2.23. The Kier molecular flexibility index (Phi) is 3.52. The molecule has 1 aromatic heterocycles. The fourth-order valence-electron chi connectivity index (χ4n) is 1.79. The summed E-state index contributed by atoms with van der Waals surface area (Å²) < 4.78 is 10.8. The fraction of sp³-hybridized carbons (Fsp3) is 0.231. The number of halogens is 1. The standard InChI is InChI=1S/C13H12BrNO3/c1-7-6-9(14)4-5-10(7)12-11(13(16)17-3)8(2)18-15-12/h4-6H,1-3H3. The third-order valence-electron chi connectivity index (χ3n) is 2.70. The Hall–Kier alpha value is -1.62. The van der Waals surface area contributed by atoms with E-state index in [0.717, 1.165) is 15.6 Å². The van der Waals surface area contributed by atoms with E-state index in [2.05, 4.69) is 21.1 Å². The SMILES string of the molecule is COC(=O)c1c(-c2ccc(Br)cc2C)noc1C. The van der Waals surface area contributed by atoms with Gasteiger partial charge in [-0.15, -0.1) is 0 Å². The van der Waals surface area contributed by atoms with Crippen molar-refractivity contribution < 1.29 is 14.1 Å². The molecular formula is C13H12BrNO3.